The minimum atomic E-state index is -4.34. The van der Waals surface area contributed by atoms with Crippen LogP contribution in [0.5, 0.6) is 0 Å². The van der Waals surface area contributed by atoms with Crippen molar-refractivity contribution in [3.05, 3.63) is 65.1 Å². The standard InChI is InChI=1S/C22H21F3N4O/c1-13-6-7-20-26-19(12-29(20)27-13)21(30)28-10-15-8-14(9-16(15)11-28)17-4-2-3-5-18(17)22(23,24)25/h2-7,12,14-16H,8-11H2,1H3/t14-,15-,16?/m0/s1. The molecule has 156 valence electrons. The van der Waals surface area contributed by atoms with Gasteiger partial charge in [0.1, 0.15) is 5.69 Å². The number of aryl methyl sites for hydroxylation is 1. The predicted molar refractivity (Wildman–Crippen MR) is 104 cm³/mol. The van der Waals surface area contributed by atoms with Crippen molar-refractivity contribution in [1.82, 2.24) is 19.5 Å². The fraction of sp³-hybridized carbons (Fsp3) is 0.409. The van der Waals surface area contributed by atoms with Gasteiger partial charge in [-0.1, -0.05) is 18.2 Å². The molecule has 30 heavy (non-hydrogen) atoms. The van der Waals surface area contributed by atoms with Gasteiger partial charge in [0, 0.05) is 13.1 Å². The maximum atomic E-state index is 13.4. The Balaban J connectivity index is 1.31. The van der Waals surface area contributed by atoms with Gasteiger partial charge in [0.25, 0.3) is 5.91 Å². The topological polar surface area (TPSA) is 50.5 Å². The van der Waals surface area contributed by atoms with Crippen LogP contribution in [0.3, 0.4) is 0 Å². The molecule has 3 atom stereocenters. The second kappa shape index (κ2) is 6.82. The number of amides is 1. The van der Waals surface area contributed by atoms with E-state index in [9.17, 15) is 18.0 Å². The highest BCUT2D eigenvalue weighted by Gasteiger charge is 2.45. The molecule has 3 heterocycles. The number of fused-ring (bicyclic) bond motifs is 2. The Bertz CT molecular complexity index is 1110. The molecule has 1 aliphatic heterocycles. The summed E-state index contributed by atoms with van der Waals surface area (Å²) in [5.41, 5.74) is 1.66. The molecule has 8 heteroatoms. The second-order valence-electron chi connectivity index (χ2n) is 8.39. The number of carbonyl (C=O) groups excluding carboxylic acids is 1. The van der Waals surface area contributed by atoms with Crippen LogP contribution >= 0.6 is 0 Å². The molecule has 0 bridgehead atoms. The van der Waals surface area contributed by atoms with Crippen LogP contribution in [0, 0.1) is 18.8 Å². The first kappa shape index (κ1) is 19.1. The zero-order valence-electron chi connectivity index (χ0n) is 16.4. The van der Waals surface area contributed by atoms with Crippen molar-refractivity contribution in [2.75, 3.05) is 13.1 Å². The lowest BCUT2D eigenvalue weighted by atomic mass is 9.91. The summed E-state index contributed by atoms with van der Waals surface area (Å²) in [4.78, 5) is 19.1. The van der Waals surface area contributed by atoms with E-state index in [0.717, 1.165) is 5.69 Å². The van der Waals surface area contributed by atoms with Crippen LogP contribution in [0.25, 0.3) is 5.65 Å². The third kappa shape index (κ3) is 3.24. The van der Waals surface area contributed by atoms with Crippen molar-refractivity contribution >= 4 is 11.6 Å². The van der Waals surface area contributed by atoms with E-state index >= 15 is 0 Å². The lowest BCUT2D eigenvalue weighted by Crippen LogP contribution is -2.30. The Kier molecular flexibility index (Phi) is 4.34. The second-order valence-corrected chi connectivity index (χ2v) is 8.39. The van der Waals surface area contributed by atoms with E-state index in [2.05, 4.69) is 10.1 Å². The fourth-order valence-electron chi connectivity index (χ4n) is 5.07. The van der Waals surface area contributed by atoms with Gasteiger partial charge in [-0.2, -0.15) is 18.3 Å². The van der Waals surface area contributed by atoms with Crippen molar-refractivity contribution in [3.8, 4) is 0 Å². The Morgan fingerprint density at radius 2 is 1.77 bits per heavy atom. The molecule has 0 spiro atoms. The van der Waals surface area contributed by atoms with Gasteiger partial charge < -0.3 is 4.90 Å². The molecule has 5 rings (SSSR count). The van der Waals surface area contributed by atoms with Gasteiger partial charge in [-0.15, -0.1) is 0 Å². The summed E-state index contributed by atoms with van der Waals surface area (Å²) in [7, 11) is 0. The van der Waals surface area contributed by atoms with Crippen LogP contribution in [0.15, 0.2) is 42.6 Å². The zero-order valence-corrected chi connectivity index (χ0v) is 16.4. The van der Waals surface area contributed by atoms with E-state index in [0.29, 0.717) is 42.8 Å². The number of rotatable bonds is 2. The first-order valence-electron chi connectivity index (χ1n) is 10.1. The monoisotopic (exact) mass is 414 g/mol. The molecule has 5 nitrogen and oxygen atoms in total. The molecule has 2 aromatic heterocycles. The SMILES string of the molecule is Cc1ccc2nc(C(=O)N3CC4C[C@@H](c5ccccc5C(F)(F)F)C[C@H]4C3)cn2n1. The lowest BCUT2D eigenvalue weighted by molar-refractivity contribution is -0.138. The van der Waals surface area contributed by atoms with Crippen molar-refractivity contribution in [2.24, 2.45) is 11.8 Å². The van der Waals surface area contributed by atoms with Crippen molar-refractivity contribution < 1.29 is 18.0 Å². The van der Waals surface area contributed by atoms with Gasteiger partial charge in [-0.05, 0) is 61.3 Å². The molecule has 1 saturated heterocycles. The summed E-state index contributed by atoms with van der Waals surface area (Å²) in [5, 5.41) is 4.33. The number of hydrogen-bond donors (Lipinski definition) is 0. The largest absolute Gasteiger partial charge is 0.416 e. The Morgan fingerprint density at radius 3 is 2.47 bits per heavy atom. The number of nitrogens with zero attached hydrogens (tertiary/aromatic N) is 4. The number of carbonyl (C=O) groups is 1. The number of aromatic nitrogens is 3. The first-order chi connectivity index (χ1) is 14.3. The van der Waals surface area contributed by atoms with Crippen molar-refractivity contribution in [1.29, 1.82) is 0 Å². The van der Waals surface area contributed by atoms with E-state index in [1.54, 1.807) is 27.7 Å². The average molecular weight is 414 g/mol. The molecule has 1 aromatic carbocycles. The summed E-state index contributed by atoms with van der Waals surface area (Å²) < 4.78 is 41.8. The third-order valence-electron chi connectivity index (χ3n) is 6.42. The summed E-state index contributed by atoms with van der Waals surface area (Å²) in [6.07, 6.45) is -1.35. The Hall–Kier alpha value is -2.90. The lowest BCUT2D eigenvalue weighted by Gasteiger charge is -2.21. The molecule has 0 radical (unpaired) electrons. The molecule has 0 N–H and O–H groups in total. The molecular formula is C22H21F3N4O. The van der Waals surface area contributed by atoms with Gasteiger partial charge in [0.2, 0.25) is 0 Å². The predicted octanol–water partition coefficient (Wildman–Crippen LogP) is 4.32. The highest BCUT2D eigenvalue weighted by molar-refractivity contribution is 5.93. The summed E-state index contributed by atoms with van der Waals surface area (Å²) in [5.74, 6) is 0.188. The van der Waals surface area contributed by atoms with Crippen LogP contribution in [0.1, 0.15) is 46.1 Å². The van der Waals surface area contributed by atoms with Crippen LogP contribution in [0.2, 0.25) is 0 Å². The maximum absolute atomic E-state index is 13.4. The van der Waals surface area contributed by atoms with E-state index in [1.807, 2.05) is 19.1 Å². The van der Waals surface area contributed by atoms with Gasteiger partial charge >= 0.3 is 6.18 Å². The number of benzene rings is 1. The maximum Gasteiger partial charge on any atom is 0.416 e. The first-order valence-corrected chi connectivity index (χ1v) is 10.1. The normalized spacial score (nSPS) is 23.9. The highest BCUT2D eigenvalue weighted by atomic mass is 19.4. The minimum Gasteiger partial charge on any atom is -0.337 e. The smallest absolute Gasteiger partial charge is 0.337 e. The summed E-state index contributed by atoms with van der Waals surface area (Å²) in [6, 6.07) is 9.54. The summed E-state index contributed by atoms with van der Waals surface area (Å²) >= 11 is 0. The third-order valence-corrected chi connectivity index (χ3v) is 6.42. The van der Waals surface area contributed by atoms with Crippen LogP contribution < -0.4 is 0 Å². The average Bonchev–Trinajstić information content (AvgIpc) is 3.39. The summed E-state index contributed by atoms with van der Waals surface area (Å²) in [6.45, 7) is 3.00. The fourth-order valence-corrected chi connectivity index (χ4v) is 5.07. The van der Waals surface area contributed by atoms with Crippen LogP contribution in [0.4, 0.5) is 13.2 Å². The highest BCUT2D eigenvalue weighted by Crippen LogP contribution is 2.49. The molecule has 1 saturated carbocycles. The van der Waals surface area contributed by atoms with Crippen molar-refractivity contribution in [3.63, 3.8) is 0 Å². The quantitative estimate of drug-likeness (QED) is 0.628. The Labute approximate surface area is 171 Å². The molecule has 2 aliphatic rings. The molecule has 3 aromatic rings. The molecule has 1 unspecified atom stereocenters. The molecular weight excluding hydrogens is 393 g/mol. The molecule has 1 amide bonds. The van der Waals surface area contributed by atoms with Gasteiger partial charge in [0.05, 0.1) is 17.5 Å². The number of halogens is 3. The van der Waals surface area contributed by atoms with Crippen molar-refractivity contribution in [2.45, 2.75) is 31.9 Å². The number of imidazole rings is 1. The zero-order chi connectivity index (χ0) is 21.0. The van der Waals surface area contributed by atoms with E-state index < -0.39 is 11.7 Å². The van der Waals surface area contributed by atoms with E-state index in [1.165, 1.54) is 12.1 Å². The minimum absolute atomic E-state index is 0.113. The molecule has 1 aliphatic carbocycles. The number of likely N-dealkylation sites (tertiary alicyclic amines) is 1. The van der Waals surface area contributed by atoms with E-state index in [-0.39, 0.29) is 23.7 Å². The van der Waals surface area contributed by atoms with Crippen LogP contribution in [-0.4, -0.2) is 38.5 Å². The number of alkyl halides is 3. The Morgan fingerprint density at radius 1 is 1.07 bits per heavy atom. The number of hydrogen-bond acceptors (Lipinski definition) is 3. The van der Waals surface area contributed by atoms with Gasteiger partial charge in [-0.25, -0.2) is 9.50 Å². The van der Waals surface area contributed by atoms with E-state index in [4.69, 9.17) is 0 Å². The van der Waals surface area contributed by atoms with Gasteiger partial charge in [0.15, 0.2) is 5.65 Å². The molecule has 2 fully saturated rings. The van der Waals surface area contributed by atoms with Gasteiger partial charge in [-0.3, -0.25) is 4.79 Å². The van der Waals surface area contributed by atoms with Crippen LogP contribution in [-0.2, 0) is 6.18 Å².